The number of Topliss-reactive ketones (excluding diaryl/α,β-unsaturated/α-hetero) is 1. The van der Waals surface area contributed by atoms with Crippen molar-refractivity contribution >= 4 is 59.8 Å². The summed E-state index contributed by atoms with van der Waals surface area (Å²) in [6, 6.07) is 0. The number of nitrogens with zero attached hydrogens (tertiary/aromatic N) is 1. The van der Waals surface area contributed by atoms with E-state index in [2.05, 4.69) is 4.85 Å². The molecule has 1 aliphatic heterocycles. The first kappa shape index (κ1) is 29.8. The predicted molar refractivity (Wildman–Crippen MR) is 132 cm³/mol. The van der Waals surface area contributed by atoms with Crippen LogP contribution in [0.5, 0.6) is 0 Å². The Morgan fingerprint density at radius 1 is 1.21 bits per heavy atom. The lowest BCUT2D eigenvalue weighted by Crippen LogP contribution is -2.31. The Bertz CT molecular complexity index is 985. The number of hydrogen-bond donors (Lipinski definition) is 1. The van der Waals surface area contributed by atoms with Gasteiger partial charge in [0.1, 0.15) is 18.9 Å². The van der Waals surface area contributed by atoms with Crippen molar-refractivity contribution in [3.05, 3.63) is 42.6 Å². The van der Waals surface area contributed by atoms with Crippen molar-refractivity contribution in [1.82, 2.24) is 0 Å². The van der Waals surface area contributed by atoms with Crippen LogP contribution in [0.3, 0.4) is 0 Å². The Hall–Kier alpha value is -0.430. The van der Waals surface area contributed by atoms with Crippen molar-refractivity contribution < 1.29 is 33.0 Å². The first-order chi connectivity index (χ1) is 15.9. The van der Waals surface area contributed by atoms with E-state index in [1.807, 2.05) is 20.8 Å². The molecular formula is C21H26Cl4NO7P. The zero-order valence-electron chi connectivity index (χ0n) is 18.9. The fraction of sp³-hybridized carbons (Fsp3) is 0.619. The molecule has 1 N–H and O–H groups in total. The van der Waals surface area contributed by atoms with Crippen LogP contribution in [0, 0.1) is 6.57 Å². The first-order valence-electron chi connectivity index (χ1n) is 10.4. The van der Waals surface area contributed by atoms with Crippen molar-refractivity contribution in [1.29, 1.82) is 0 Å². The molecule has 1 saturated heterocycles. The molecule has 0 spiro atoms. The fourth-order valence-corrected chi connectivity index (χ4v) is 6.03. The van der Waals surface area contributed by atoms with Crippen molar-refractivity contribution in [3.63, 3.8) is 0 Å². The highest BCUT2D eigenvalue weighted by Crippen LogP contribution is 2.51. The van der Waals surface area contributed by atoms with Gasteiger partial charge >= 0.3 is 7.60 Å². The second-order valence-corrected chi connectivity index (χ2v) is 11.5. The third-order valence-electron chi connectivity index (χ3n) is 4.90. The lowest BCUT2D eigenvalue weighted by molar-refractivity contribution is -0.0603. The lowest BCUT2D eigenvalue weighted by Gasteiger charge is -2.24. The molecular weight excluding hydrogens is 551 g/mol. The number of aliphatic hydroxyl groups is 1. The van der Waals surface area contributed by atoms with E-state index in [4.69, 9.17) is 71.5 Å². The minimum Gasteiger partial charge on any atom is -0.392 e. The van der Waals surface area contributed by atoms with Crippen molar-refractivity contribution in [2.45, 2.75) is 58.2 Å². The van der Waals surface area contributed by atoms with E-state index in [0.717, 1.165) is 0 Å². The van der Waals surface area contributed by atoms with Crippen LogP contribution in [0.25, 0.3) is 4.85 Å². The van der Waals surface area contributed by atoms with Gasteiger partial charge in [0.05, 0.1) is 51.6 Å². The van der Waals surface area contributed by atoms with Gasteiger partial charge in [-0.2, -0.15) is 0 Å². The molecule has 2 rings (SSSR count). The SMILES string of the molecule is [C-]#[N+]CCOP(=O)(CC(=O)c1c(Cl)c(Cl)c(Cl)c(Cl)c1CO)OCC1OC(C)CC1OC(C)C. The average Bonchev–Trinajstić information content (AvgIpc) is 3.11. The molecule has 13 heteroatoms. The molecule has 1 heterocycles. The molecule has 0 aromatic heterocycles. The van der Waals surface area contributed by atoms with E-state index < -0.39 is 32.3 Å². The van der Waals surface area contributed by atoms with Gasteiger partial charge in [-0.25, -0.2) is 6.57 Å². The lowest BCUT2D eigenvalue weighted by atomic mass is 10.0. The summed E-state index contributed by atoms with van der Waals surface area (Å²) in [6.45, 7) is 11.5. The minimum atomic E-state index is -4.08. The van der Waals surface area contributed by atoms with Crippen LogP contribution in [0.15, 0.2) is 0 Å². The summed E-state index contributed by atoms with van der Waals surface area (Å²) in [5.74, 6) is -0.781. The van der Waals surface area contributed by atoms with Crippen LogP contribution in [0.1, 0.15) is 43.1 Å². The molecule has 1 aromatic rings. The van der Waals surface area contributed by atoms with E-state index in [0.29, 0.717) is 6.42 Å². The molecule has 4 unspecified atom stereocenters. The van der Waals surface area contributed by atoms with Gasteiger partial charge in [0.25, 0.3) is 0 Å². The molecule has 8 nitrogen and oxygen atoms in total. The van der Waals surface area contributed by atoms with Crippen molar-refractivity contribution in [2.24, 2.45) is 0 Å². The third kappa shape index (κ3) is 7.54. The Balaban J connectivity index is 2.29. The zero-order valence-corrected chi connectivity index (χ0v) is 22.8. The van der Waals surface area contributed by atoms with Gasteiger partial charge < -0.3 is 28.5 Å². The fourth-order valence-electron chi connectivity index (χ4n) is 3.47. The molecule has 190 valence electrons. The number of halogens is 4. The Labute approximate surface area is 219 Å². The van der Waals surface area contributed by atoms with E-state index in [-0.39, 0.29) is 69.3 Å². The number of hydrogen-bond acceptors (Lipinski definition) is 7. The van der Waals surface area contributed by atoms with Crippen LogP contribution >= 0.6 is 54.0 Å². The number of carbonyl (C=O) groups is 1. The molecule has 1 aliphatic rings. The quantitative estimate of drug-likeness (QED) is 0.0803. The summed E-state index contributed by atoms with van der Waals surface area (Å²) in [4.78, 5) is 16.3. The molecule has 4 atom stereocenters. The highest BCUT2D eigenvalue weighted by atomic mass is 35.5. The van der Waals surface area contributed by atoms with Crippen LogP contribution in [0.4, 0.5) is 0 Å². The molecule has 0 saturated carbocycles. The maximum Gasteiger partial charge on any atom is 0.338 e. The van der Waals surface area contributed by atoms with Crippen LogP contribution < -0.4 is 0 Å². The van der Waals surface area contributed by atoms with Gasteiger partial charge in [-0.05, 0) is 20.8 Å². The molecule has 1 aromatic carbocycles. The maximum atomic E-state index is 13.5. The summed E-state index contributed by atoms with van der Waals surface area (Å²) in [5.41, 5.74) is -0.287. The number of aliphatic hydroxyl groups excluding tert-OH is 1. The molecule has 0 bridgehead atoms. The molecule has 0 amide bonds. The molecule has 34 heavy (non-hydrogen) atoms. The predicted octanol–water partition coefficient (Wildman–Crippen LogP) is 6.09. The van der Waals surface area contributed by atoms with Crippen molar-refractivity contribution in [3.8, 4) is 0 Å². The topological polar surface area (TPSA) is 95.7 Å². The molecule has 0 aliphatic carbocycles. The first-order valence-corrected chi connectivity index (χ1v) is 13.7. The summed E-state index contributed by atoms with van der Waals surface area (Å²) < 4.78 is 36.2. The number of rotatable bonds is 12. The molecule has 1 fully saturated rings. The van der Waals surface area contributed by atoms with Gasteiger partial charge in [0.15, 0.2) is 5.78 Å². The Morgan fingerprint density at radius 3 is 2.44 bits per heavy atom. The summed E-state index contributed by atoms with van der Waals surface area (Å²) in [6.07, 6.45) is -1.06. The van der Waals surface area contributed by atoms with E-state index in [9.17, 15) is 14.5 Å². The summed E-state index contributed by atoms with van der Waals surface area (Å²) >= 11 is 24.4. The average molecular weight is 577 g/mol. The second-order valence-electron chi connectivity index (χ2n) is 7.91. The van der Waals surface area contributed by atoms with Gasteiger partial charge in [-0.1, -0.05) is 46.4 Å². The number of benzene rings is 1. The second kappa shape index (κ2) is 13.2. The van der Waals surface area contributed by atoms with E-state index in [1.54, 1.807) is 0 Å². The molecule has 0 radical (unpaired) electrons. The van der Waals surface area contributed by atoms with Gasteiger partial charge in [-0.15, -0.1) is 0 Å². The summed E-state index contributed by atoms with van der Waals surface area (Å²) in [7, 11) is -4.08. The minimum absolute atomic E-state index is 0.0526. The smallest absolute Gasteiger partial charge is 0.338 e. The largest absolute Gasteiger partial charge is 0.392 e. The summed E-state index contributed by atoms with van der Waals surface area (Å²) in [5, 5.41) is 9.06. The van der Waals surface area contributed by atoms with Gasteiger partial charge in [-0.3, -0.25) is 9.36 Å². The normalized spacial score (nSPS) is 22.1. The monoisotopic (exact) mass is 575 g/mol. The zero-order chi connectivity index (χ0) is 25.6. The van der Waals surface area contributed by atoms with Crippen LogP contribution in [-0.2, 0) is 29.7 Å². The van der Waals surface area contributed by atoms with Crippen LogP contribution in [0.2, 0.25) is 20.1 Å². The van der Waals surface area contributed by atoms with Gasteiger partial charge in [0, 0.05) is 17.5 Å². The maximum absolute atomic E-state index is 13.5. The highest BCUT2D eigenvalue weighted by Gasteiger charge is 2.39. The van der Waals surface area contributed by atoms with E-state index >= 15 is 0 Å². The third-order valence-corrected chi connectivity index (χ3v) is 8.53. The van der Waals surface area contributed by atoms with Crippen LogP contribution in [-0.4, -0.2) is 61.2 Å². The standard InChI is InChI=1S/C21H26Cl4NO7P/c1-11(2)32-15-7-12(3)33-16(15)9-31-34(29,30-6-5-26-4)10-14(28)17-13(8-27)18(22)20(24)21(25)19(17)23/h11-12,15-16,27H,5-10H2,1-3H3. The van der Waals surface area contributed by atoms with Crippen molar-refractivity contribution in [2.75, 3.05) is 25.9 Å². The Morgan fingerprint density at radius 2 is 1.85 bits per heavy atom. The Kier molecular flexibility index (Phi) is 11.6. The van der Waals surface area contributed by atoms with E-state index in [1.165, 1.54) is 0 Å². The number of ether oxygens (including phenoxy) is 2. The van der Waals surface area contributed by atoms with Gasteiger partial charge in [0.2, 0.25) is 6.54 Å². The number of carbonyl (C=O) groups excluding carboxylic acids is 1. The highest BCUT2D eigenvalue weighted by molar-refractivity contribution is 7.55. The number of ketones is 1.